The third-order valence-corrected chi connectivity index (χ3v) is 3.49. The average Bonchev–Trinajstić information content (AvgIpc) is 2.39. The van der Waals surface area contributed by atoms with Crippen LogP contribution in [0.3, 0.4) is 0 Å². The standard InChI is InChI=1S/C12H5F17O2/c1-3(2)4(30)31-8(17,7(15,16)12(27,28)29)6(13,14)5(9(18,19)20,10(21,22)23)11(24,25)26/h1H2,2H3. The molecule has 0 aromatic heterocycles. The molecule has 0 saturated carbocycles. The summed E-state index contributed by atoms with van der Waals surface area (Å²) in [5.41, 5.74) is -10.6. The zero-order chi connectivity index (χ0) is 25.9. The fraction of sp³-hybridized carbons (Fsp3) is 0.750. The van der Waals surface area contributed by atoms with Crippen LogP contribution in [-0.2, 0) is 9.53 Å². The number of esters is 1. The number of alkyl halides is 17. The van der Waals surface area contributed by atoms with Gasteiger partial charge in [-0.25, -0.2) is 4.79 Å². The first-order valence-electron chi connectivity index (χ1n) is 6.68. The van der Waals surface area contributed by atoms with E-state index in [1.165, 1.54) is 0 Å². The molecular formula is C12H5F17O2. The van der Waals surface area contributed by atoms with Crippen LogP contribution < -0.4 is 0 Å². The van der Waals surface area contributed by atoms with Crippen molar-refractivity contribution in [2.45, 2.75) is 49.3 Å². The van der Waals surface area contributed by atoms with E-state index in [2.05, 4.69) is 11.3 Å². The lowest BCUT2D eigenvalue weighted by atomic mass is 9.73. The first kappa shape index (κ1) is 29.0. The maximum absolute atomic E-state index is 14.3. The van der Waals surface area contributed by atoms with Crippen molar-refractivity contribution in [3.05, 3.63) is 12.2 Å². The molecule has 0 bridgehead atoms. The van der Waals surface area contributed by atoms with E-state index in [0.29, 0.717) is 0 Å². The van der Waals surface area contributed by atoms with E-state index in [1.54, 1.807) is 0 Å². The molecule has 0 aromatic rings. The van der Waals surface area contributed by atoms with Crippen molar-refractivity contribution in [1.29, 1.82) is 0 Å². The van der Waals surface area contributed by atoms with Crippen molar-refractivity contribution in [3.8, 4) is 0 Å². The molecule has 0 aromatic carbocycles. The molecule has 19 heteroatoms. The van der Waals surface area contributed by atoms with Crippen LogP contribution in [0.25, 0.3) is 0 Å². The van der Waals surface area contributed by atoms with Crippen molar-refractivity contribution in [2.24, 2.45) is 5.41 Å². The van der Waals surface area contributed by atoms with Crippen LogP contribution in [0.5, 0.6) is 0 Å². The number of hydrogen-bond acceptors (Lipinski definition) is 2. The predicted octanol–water partition coefficient (Wildman–Crippen LogP) is 6.28. The first-order chi connectivity index (χ1) is 13.1. The van der Waals surface area contributed by atoms with Crippen molar-refractivity contribution >= 4 is 5.97 Å². The second kappa shape index (κ2) is 7.28. The summed E-state index contributed by atoms with van der Waals surface area (Å²) in [4.78, 5) is 11.0. The Morgan fingerprint density at radius 3 is 1.06 bits per heavy atom. The van der Waals surface area contributed by atoms with Gasteiger partial charge in [0.05, 0.1) is 0 Å². The average molecular weight is 504 g/mol. The smallest absolute Gasteiger partial charge is 0.413 e. The lowest BCUT2D eigenvalue weighted by molar-refractivity contribution is -0.524. The first-order valence-corrected chi connectivity index (χ1v) is 6.68. The zero-order valence-electron chi connectivity index (χ0n) is 13.9. The molecule has 0 aliphatic heterocycles. The SMILES string of the molecule is C=C(C)C(=O)OC(F)(C(F)(F)C(F)(F)F)C(F)(F)C(C(F)(F)F)(C(F)(F)F)C(F)(F)F. The van der Waals surface area contributed by atoms with Gasteiger partial charge >= 0.3 is 53.8 Å². The number of halogens is 17. The number of hydrogen-bond donors (Lipinski definition) is 0. The van der Waals surface area contributed by atoms with E-state index in [-0.39, 0.29) is 6.92 Å². The van der Waals surface area contributed by atoms with E-state index >= 15 is 0 Å². The van der Waals surface area contributed by atoms with Gasteiger partial charge in [-0.3, -0.25) is 0 Å². The molecule has 0 N–H and O–H groups in total. The normalized spacial score (nSPS) is 17.2. The fourth-order valence-corrected chi connectivity index (χ4v) is 1.98. The molecule has 31 heavy (non-hydrogen) atoms. The number of carbonyl (C=O) groups excluding carboxylic acids is 1. The van der Waals surface area contributed by atoms with E-state index < -0.39 is 59.4 Å². The van der Waals surface area contributed by atoms with E-state index in [1.807, 2.05) is 0 Å². The molecule has 0 fully saturated rings. The summed E-state index contributed by atoms with van der Waals surface area (Å²) in [6.07, 6.45) is -33.4. The molecule has 0 saturated heterocycles. The molecule has 0 spiro atoms. The molecule has 0 rings (SSSR count). The summed E-state index contributed by atoms with van der Waals surface area (Å²) >= 11 is 0. The van der Waals surface area contributed by atoms with Crippen LogP contribution in [0, 0.1) is 5.41 Å². The second-order valence-corrected chi connectivity index (χ2v) is 5.65. The fourth-order valence-electron chi connectivity index (χ4n) is 1.98. The van der Waals surface area contributed by atoms with Crippen molar-refractivity contribution in [1.82, 2.24) is 0 Å². The highest BCUT2D eigenvalue weighted by Gasteiger charge is 3.01. The predicted molar refractivity (Wildman–Crippen MR) is 61.3 cm³/mol. The van der Waals surface area contributed by atoms with E-state index in [0.717, 1.165) is 0 Å². The lowest BCUT2D eigenvalue weighted by Gasteiger charge is -2.48. The molecule has 0 amide bonds. The Morgan fingerprint density at radius 2 is 0.871 bits per heavy atom. The summed E-state index contributed by atoms with van der Waals surface area (Å²) in [5.74, 6) is -28.6. The molecule has 1 unspecified atom stereocenters. The van der Waals surface area contributed by atoms with Gasteiger partial charge in [-0.05, 0) is 6.92 Å². The lowest BCUT2D eigenvalue weighted by Crippen LogP contribution is -2.79. The van der Waals surface area contributed by atoms with Crippen LogP contribution in [0.2, 0.25) is 0 Å². The summed E-state index contributed by atoms with van der Waals surface area (Å²) in [6, 6.07) is 0. The Balaban J connectivity index is 7.83. The van der Waals surface area contributed by atoms with Crippen LogP contribution >= 0.6 is 0 Å². The molecular weight excluding hydrogens is 499 g/mol. The topological polar surface area (TPSA) is 26.3 Å². The number of ether oxygens (including phenoxy) is 1. The van der Waals surface area contributed by atoms with E-state index in [4.69, 9.17) is 0 Å². The summed E-state index contributed by atoms with van der Waals surface area (Å²) in [7, 11) is 0. The minimum Gasteiger partial charge on any atom is -0.413 e. The molecule has 2 nitrogen and oxygen atoms in total. The minimum absolute atomic E-state index is 0.136. The zero-order valence-corrected chi connectivity index (χ0v) is 13.9. The summed E-state index contributed by atoms with van der Waals surface area (Å²) in [5, 5.41) is 0. The van der Waals surface area contributed by atoms with Gasteiger partial charge in [0.1, 0.15) is 0 Å². The van der Waals surface area contributed by atoms with Gasteiger partial charge in [0.25, 0.3) is 0 Å². The molecule has 0 aliphatic carbocycles. The highest BCUT2D eigenvalue weighted by atomic mass is 19.4. The maximum Gasteiger partial charge on any atom is 0.461 e. The van der Waals surface area contributed by atoms with Crippen molar-refractivity contribution < 1.29 is 84.2 Å². The highest BCUT2D eigenvalue weighted by Crippen LogP contribution is 2.71. The van der Waals surface area contributed by atoms with Gasteiger partial charge in [-0.15, -0.1) is 0 Å². The van der Waals surface area contributed by atoms with Gasteiger partial charge in [0.2, 0.25) is 0 Å². The Bertz CT molecular complexity index is 671. The molecule has 0 radical (unpaired) electrons. The van der Waals surface area contributed by atoms with Crippen molar-refractivity contribution in [3.63, 3.8) is 0 Å². The minimum atomic E-state index is -8.92. The van der Waals surface area contributed by atoms with Crippen molar-refractivity contribution in [2.75, 3.05) is 0 Å². The summed E-state index contributed by atoms with van der Waals surface area (Å²) in [6.45, 7) is 2.43. The molecule has 184 valence electrons. The second-order valence-electron chi connectivity index (χ2n) is 5.65. The van der Waals surface area contributed by atoms with Crippen LogP contribution in [0.15, 0.2) is 12.2 Å². The van der Waals surface area contributed by atoms with Gasteiger partial charge in [-0.1, -0.05) is 6.58 Å². The Morgan fingerprint density at radius 1 is 0.581 bits per heavy atom. The number of carbonyl (C=O) groups is 1. The van der Waals surface area contributed by atoms with Gasteiger partial charge in [-0.2, -0.15) is 74.6 Å². The third kappa shape index (κ3) is 3.87. The Hall–Kier alpha value is -1.98. The quantitative estimate of drug-likeness (QED) is 0.251. The van der Waals surface area contributed by atoms with E-state index in [9.17, 15) is 79.4 Å². The van der Waals surface area contributed by atoms with Crippen LogP contribution in [0.1, 0.15) is 6.92 Å². The monoisotopic (exact) mass is 504 g/mol. The van der Waals surface area contributed by atoms with Gasteiger partial charge in [0.15, 0.2) is 0 Å². The van der Waals surface area contributed by atoms with Gasteiger partial charge in [0, 0.05) is 5.57 Å². The van der Waals surface area contributed by atoms with Crippen LogP contribution in [0.4, 0.5) is 74.6 Å². The molecule has 0 aliphatic rings. The third-order valence-electron chi connectivity index (χ3n) is 3.49. The largest absolute Gasteiger partial charge is 0.461 e. The molecule has 1 atom stereocenters. The Labute approximate surface area is 158 Å². The molecule has 0 heterocycles. The summed E-state index contributed by atoms with van der Waals surface area (Å²) < 4.78 is 224. The highest BCUT2D eigenvalue weighted by molar-refractivity contribution is 5.87. The Kier molecular flexibility index (Phi) is 6.81. The number of rotatable bonds is 5. The van der Waals surface area contributed by atoms with Crippen LogP contribution in [-0.4, -0.2) is 48.4 Å². The maximum atomic E-state index is 14.3. The van der Waals surface area contributed by atoms with Gasteiger partial charge < -0.3 is 4.74 Å².